The molecule has 2 aromatic rings. The zero-order valence-corrected chi connectivity index (χ0v) is 12.2. The zero-order chi connectivity index (χ0) is 14.4. The third kappa shape index (κ3) is 3.69. The third-order valence-corrected chi connectivity index (χ3v) is 4.24. The maximum atomic E-state index is 12.0. The van der Waals surface area contributed by atoms with Gasteiger partial charge in [0.1, 0.15) is 0 Å². The average Bonchev–Trinajstić information content (AvgIpc) is 2.96. The number of nitrogens with zero attached hydrogens (tertiary/aromatic N) is 3. The highest BCUT2D eigenvalue weighted by atomic mass is 32.2. The molecule has 2 heterocycles. The molecule has 8 heteroatoms. The molecule has 6 nitrogen and oxygen atoms in total. The highest BCUT2D eigenvalue weighted by molar-refractivity contribution is 7.99. The summed E-state index contributed by atoms with van der Waals surface area (Å²) in [5.74, 6) is 6.33. The largest absolute Gasteiger partial charge is 0.396 e. The van der Waals surface area contributed by atoms with E-state index in [0.717, 1.165) is 9.55 Å². The quantitative estimate of drug-likeness (QED) is 0.471. The predicted octanol–water partition coefficient (Wildman–Crippen LogP) is 1.06. The van der Waals surface area contributed by atoms with Crippen molar-refractivity contribution in [2.75, 3.05) is 18.2 Å². The topological polar surface area (TPSA) is 94.0 Å². The molecule has 20 heavy (non-hydrogen) atoms. The van der Waals surface area contributed by atoms with E-state index in [0.29, 0.717) is 17.3 Å². The fraction of sp³-hybridized carbons (Fsp3) is 0.250. The molecule has 0 saturated heterocycles. The van der Waals surface area contributed by atoms with Crippen LogP contribution in [0.15, 0.2) is 27.5 Å². The van der Waals surface area contributed by atoms with Crippen LogP contribution in [-0.2, 0) is 0 Å². The number of aromatic nitrogens is 3. The van der Waals surface area contributed by atoms with Gasteiger partial charge in [0.25, 0.3) is 5.56 Å². The second-order valence-electron chi connectivity index (χ2n) is 3.82. The van der Waals surface area contributed by atoms with Crippen LogP contribution < -0.4 is 11.4 Å². The van der Waals surface area contributed by atoms with Gasteiger partial charge in [0.2, 0.25) is 5.16 Å². The molecule has 2 rings (SSSR count). The lowest BCUT2D eigenvalue weighted by molar-refractivity contribution is 0.296. The number of rotatable bonds is 6. The van der Waals surface area contributed by atoms with E-state index >= 15 is 0 Å². The summed E-state index contributed by atoms with van der Waals surface area (Å²) in [5, 5.41) is 18.8. The van der Waals surface area contributed by atoms with Crippen LogP contribution >= 0.6 is 23.1 Å². The highest BCUT2D eigenvalue weighted by Crippen LogP contribution is 2.13. The van der Waals surface area contributed by atoms with Gasteiger partial charge in [-0.05, 0) is 30.0 Å². The summed E-state index contributed by atoms with van der Waals surface area (Å²) in [6.45, 7) is 0.0941. The molecule has 0 spiro atoms. The maximum Gasteiger partial charge on any atom is 0.298 e. The Kier molecular flexibility index (Phi) is 5.33. The standard InChI is InChI=1S/C12H14N4O2S2/c13-16-11(18)10(5-4-9-3-1-7-19-9)14-15-12(16)20-8-2-6-17/h1,3-5,7,17H,2,6,8,13H2. The molecule has 0 unspecified atom stereocenters. The van der Waals surface area contributed by atoms with Gasteiger partial charge in [-0.15, -0.1) is 21.5 Å². The van der Waals surface area contributed by atoms with Gasteiger partial charge in [-0.25, -0.2) is 0 Å². The van der Waals surface area contributed by atoms with Crippen molar-refractivity contribution in [3.8, 4) is 0 Å². The van der Waals surface area contributed by atoms with E-state index in [9.17, 15) is 4.79 Å². The van der Waals surface area contributed by atoms with Gasteiger partial charge >= 0.3 is 0 Å². The first kappa shape index (κ1) is 14.8. The van der Waals surface area contributed by atoms with Crippen molar-refractivity contribution < 1.29 is 5.11 Å². The summed E-state index contributed by atoms with van der Waals surface area (Å²) < 4.78 is 0.989. The lowest BCUT2D eigenvalue weighted by Crippen LogP contribution is -2.32. The van der Waals surface area contributed by atoms with Crippen LogP contribution in [0.1, 0.15) is 17.0 Å². The van der Waals surface area contributed by atoms with Gasteiger partial charge < -0.3 is 10.9 Å². The third-order valence-electron chi connectivity index (χ3n) is 2.37. The minimum atomic E-state index is -0.390. The Morgan fingerprint density at radius 1 is 1.45 bits per heavy atom. The minimum absolute atomic E-state index is 0.0941. The minimum Gasteiger partial charge on any atom is -0.396 e. The predicted molar refractivity (Wildman–Crippen MR) is 82.1 cm³/mol. The van der Waals surface area contributed by atoms with Crippen LogP contribution in [0.25, 0.3) is 12.2 Å². The molecule has 2 aromatic heterocycles. The molecule has 0 aromatic carbocycles. The van der Waals surface area contributed by atoms with Crippen LogP contribution in [0.5, 0.6) is 0 Å². The summed E-state index contributed by atoms with van der Waals surface area (Å²) in [5.41, 5.74) is -0.188. The molecule has 106 valence electrons. The molecular weight excluding hydrogens is 296 g/mol. The Labute approximate surface area is 123 Å². The number of hydrogen-bond donors (Lipinski definition) is 2. The fourth-order valence-electron chi connectivity index (χ4n) is 1.38. The van der Waals surface area contributed by atoms with Crippen molar-refractivity contribution in [1.82, 2.24) is 14.9 Å². The van der Waals surface area contributed by atoms with Gasteiger partial charge in [0.05, 0.1) is 0 Å². The molecule has 0 fully saturated rings. The van der Waals surface area contributed by atoms with Crippen molar-refractivity contribution >= 4 is 35.3 Å². The summed E-state index contributed by atoms with van der Waals surface area (Å²) in [4.78, 5) is 13.0. The number of nitrogens with two attached hydrogens (primary N) is 1. The molecule has 0 radical (unpaired) electrons. The number of nitrogen functional groups attached to an aromatic ring is 1. The molecule has 0 aliphatic heterocycles. The van der Waals surface area contributed by atoms with Crippen molar-refractivity contribution in [1.29, 1.82) is 0 Å². The monoisotopic (exact) mass is 310 g/mol. The summed E-state index contributed by atoms with van der Waals surface area (Å²) in [7, 11) is 0. The van der Waals surface area contributed by atoms with Crippen LogP contribution in [0, 0.1) is 0 Å². The first-order valence-corrected chi connectivity index (χ1v) is 7.79. The van der Waals surface area contributed by atoms with Crippen LogP contribution in [0.4, 0.5) is 0 Å². The van der Waals surface area contributed by atoms with E-state index in [1.165, 1.54) is 11.8 Å². The molecule has 0 atom stereocenters. The van der Waals surface area contributed by atoms with Crippen molar-refractivity contribution in [3.05, 3.63) is 38.4 Å². The Hall–Kier alpha value is -1.64. The summed E-state index contributed by atoms with van der Waals surface area (Å²) in [6, 6.07) is 3.87. The average molecular weight is 310 g/mol. The van der Waals surface area contributed by atoms with E-state index < -0.39 is 0 Å². The van der Waals surface area contributed by atoms with Crippen molar-refractivity contribution in [2.24, 2.45) is 0 Å². The Bertz CT molecular complexity index is 637. The molecule has 0 aliphatic carbocycles. The fourth-order valence-corrected chi connectivity index (χ4v) is 2.77. The van der Waals surface area contributed by atoms with Crippen LogP contribution in [-0.4, -0.2) is 32.3 Å². The lowest BCUT2D eigenvalue weighted by atomic mass is 10.3. The van der Waals surface area contributed by atoms with E-state index in [1.807, 2.05) is 17.5 Å². The number of thiophene rings is 1. The number of hydrogen-bond acceptors (Lipinski definition) is 7. The van der Waals surface area contributed by atoms with Gasteiger partial charge in [-0.2, -0.15) is 4.68 Å². The molecular formula is C12H14N4O2S2. The summed E-state index contributed by atoms with van der Waals surface area (Å²) in [6.07, 6.45) is 4.02. The van der Waals surface area contributed by atoms with E-state index in [2.05, 4.69) is 10.2 Å². The highest BCUT2D eigenvalue weighted by Gasteiger charge is 2.08. The number of thioether (sulfide) groups is 1. The van der Waals surface area contributed by atoms with Crippen molar-refractivity contribution in [3.63, 3.8) is 0 Å². The lowest BCUT2D eigenvalue weighted by Gasteiger charge is -2.05. The Morgan fingerprint density at radius 2 is 2.30 bits per heavy atom. The number of aliphatic hydroxyl groups excluding tert-OH is 1. The molecule has 0 aliphatic rings. The van der Waals surface area contributed by atoms with E-state index in [1.54, 1.807) is 23.5 Å². The molecule has 0 amide bonds. The van der Waals surface area contributed by atoms with Gasteiger partial charge in [-0.3, -0.25) is 4.79 Å². The van der Waals surface area contributed by atoms with Gasteiger partial charge in [0, 0.05) is 17.2 Å². The Balaban J connectivity index is 2.16. The van der Waals surface area contributed by atoms with Crippen LogP contribution in [0.2, 0.25) is 0 Å². The first-order valence-electron chi connectivity index (χ1n) is 5.92. The van der Waals surface area contributed by atoms with Gasteiger partial charge in [-0.1, -0.05) is 17.8 Å². The molecule has 0 saturated carbocycles. The second kappa shape index (κ2) is 7.22. The number of aliphatic hydroxyl groups is 1. The smallest absolute Gasteiger partial charge is 0.298 e. The zero-order valence-electron chi connectivity index (χ0n) is 10.6. The maximum absolute atomic E-state index is 12.0. The SMILES string of the molecule is Nn1c(SCCCO)nnc(C=Cc2cccs2)c1=O. The summed E-state index contributed by atoms with van der Waals surface area (Å²) >= 11 is 2.86. The van der Waals surface area contributed by atoms with E-state index in [4.69, 9.17) is 10.9 Å². The normalized spacial score (nSPS) is 11.2. The first-order chi connectivity index (χ1) is 9.72. The van der Waals surface area contributed by atoms with Crippen molar-refractivity contribution in [2.45, 2.75) is 11.6 Å². The molecule has 0 bridgehead atoms. The van der Waals surface area contributed by atoms with Gasteiger partial charge in [0.15, 0.2) is 5.69 Å². The van der Waals surface area contributed by atoms with Crippen LogP contribution in [0.3, 0.4) is 0 Å². The second-order valence-corrected chi connectivity index (χ2v) is 5.86. The van der Waals surface area contributed by atoms with E-state index in [-0.39, 0.29) is 17.9 Å². The molecule has 3 N–H and O–H groups in total. The Morgan fingerprint density at radius 3 is 3.00 bits per heavy atom.